The Morgan fingerprint density at radius 2 is 1.67 bits per heavy atom. The van der Waals surface area contributed by atoms with Crippen molar-refractivity contribution in [2.45, 2.75) is 0 Å². The summed E-state index contributed by atoms with van der Waals surface area (Å²) < 4.78 is 0. The minimum atomic E-state index is -0.469. The molecule has 21 heavy (non-hydrogen) atoms. The van der Waals surface area contributed by atoms with E-state index in [4.69, 9.17) is 11.6 Å². The molecule has 0 saturated heterocycles. The number of Topliss-reactive ketones (excluding diaryl/α,β-unsaturated/α-hetero) is 1. The van der Waals surface area contributed by atoms with Gasteiger partial charge in [0.05, 0.1) is 23.2 Å². The van der Waals surface area contributed by atoms with Crippen LogP contribution in [0.1, 0.15) is 31.1 Å². The average Bonchev–Trinajstić information content (AvgIpc) is 2.73. The smallest absolute Gasteiger partial charge is 0.261 e. The highest BCUT2D eigenvalue weighted by Gasteiger charge is 2.36. The number of carbonyl (C=O) groups excluding carboxylic acids is 3. The molecule has 0 saturated carbocycles. The van der Waals surface area contributed by atoms with E-state index in [-0.39, 0.29) is 17.3 Å². The Morgan fingerprint density at radius 3 is 2.24 bits per heavy atom. The lowest BCUT2D eigenvalue weighted by Crippen LogP contribution is -2.35. The molecule has 0 fully saturated rings. The normalized spacial score (nSPS) is 13.5. The van der Waals surface area contributed by atoms with Gasteiger partial charge >= 0.3 is 0 Å². The number of ketones is 1. The molecule has 0 unspecified atom stereocenters. The number of aromatic nitrogens is 1. The van der Waals surface area contributed by atoms with Crippen LogP contribution in [-0.4, -0.2) is 34.0 Å². The molecule has 5 nitrogen and oxygen atoms in total. The summed E-state index contributed by atoms with van der Waals surface area (Å²) in [6.45, 7) is -0.349. The Bertz CT molecular complexity index is 738. The van der Waals surface area contributed by atoms with Crippen molar-refractivity contribution >= 4 is 29.2 Å². The van der Waals surface area contributed by atoms with E-state index in [1.807, 2.05) is 0 Å². The number of carbonyl (C=O) groups is 3. The standard InChI is InChI=1S/C15H9ClN2O3/c16-13-11(6-3-7-17-13)12(19)8-18-14(20)9-4-1-2-5-10(9)15(18)21/h1-7H,8H2. The van der Waals surface area contributed by atoms with Crippen molar-refractivity contribution in [3.05, 3.63) is 64.4 Å². The fourth-order valence-electron chi connectivity index (χ4n) is 2.21. The van der Waals surface area contributed by atoms with E-state index in [2.05, 4.69) is 4.98 Å². The number of pyridine rings is 1. The predicted octanol–water partition coefficient (Wildman–Crippen LogP) is 2.21. The predicted molar refractivity (Wildman–Crippen MR) is 75.4 cm³/mol. The van der Waals surface area contributed by atoms with Crippen molar-refractivity contribution in [2.24, 2.45) is 0 Å². The minimum absolute atomic E-state index is 0.0547. The van der Waals surface area contributed by atoms with E-state index in [0.29, 0.717) is 11.1 Å². The second-order valence-corrected chi connectivity index (χ2v) is 4.86. The van der Waals surface area contributed by atoms with Gasteiger partial charge < -0.3 is 0 Å². The summed E-state index contributed by atoms with van der Waals surface area (Å²) in [6, 6.07) is 9.56. The van der Waals surface area contributed by atoms with Crippen LogP contribution in [0.2, 0.25) is 5.15 Å². The molecule has 0 atom stereocenters. The molecule has 3 rings (SSSR count). The summed E-state index contributed by atoms with van der Waals surface area (Å²) in [5.74, 6) is -1.37. The highest BCUT2D eigenvalue weighted by molar-refractivity contribution is 6.33. The zero-order valence-electron chi connectivity index (χ0n) is 10.7. The number of rotatable bonds is 3. The maximum absolute atomic E-state index is 12.2. The third-order valence-electron chi connectivity index (χ3n) is 3.24. The summed E-state index contributed by atoms with van der Waals surface area (Å²) in [7, 11) is 0. The summed E-state index contributed by atoms with van der Waals surface area (Å²) in [4.78, 5) is 41.3. The van der Waals surface area contributed by atoms with Gasteiger partial charge in [-0.25, -0.2) is 4.98 Å². The molecular formula is C15H9ClN2O3. The molecule has 0 bridgehead atoms. The molecule has 1 aliphatic heterocycles. The van der Waals surface area contributed by atoms with Gasteiger partial charge in [-0.3, -0.25) is 19.3 Å². The van der Waals surface area contributed by atoms with Gasteiger partial charge in [-0.15, -0.1) is 0 Å². The zero-order chi connectivity index (χ0) is 15.0. The number of amides is 2. The molecule has 1 aromatic carbocycles. The lowest BCUT2D eigenvalue weighted by Gasteiger charge is -2.12. The van der Waals surface area contributed by atoms with Gasteiger partial charge in [0.15, 0.2) is 5.78 Å². The van der Waals surface area contributed by atoms with Crippen LogP contribution in [0.15, 0.2) is 42.6 Å². The van der Waals surface area contributed by atoms with Gasteiger partial charge in [0, 0.05) is 6.20 Å². The Hall–Kier alpha value is -2.53. The van der Waals surface area contributed by atoms with Crippen LogP contribution in [-0.2, 0) is 0 Å². The second kappa shape index (κ2) is 5.10. The van der Waals surface area contributed by atoms with E-state index < -0.39 is 17.6 Å². The molecule has 2 aromatic rings. The number of hydrogen-bond acceptors (Lipinski definition) is 4. The van der Waals surface area contributed by atoms with E-state index in [9.17, 15) is 14.4 Å². The van der Waals surface area contributed by atoms with Gasteiger partial charge in [0.1, 0.15) is 5.15 Å². The van der Waals surface area contributed by atoms with Gasteiger partial charge in [0.25, 0.3) is 11.8 Å². The van der Waals surface area contributed by atoms with Gasteiger partial charge in [-0.2, -0.15) is 0 Å². The third-order valence-corrected chi connectivity index (χ3v) is 3.54. The second-order valence-electron chi connectivity index (χ2n) is 4.51. The number of fused-ring (bicyclic) bond motifs is 1. The van der Waals surface area contributed by atoms with Crippen LogP contribution >= 0.6 is 11.6 Å². The van der Waals surface area contributed by atoms with Crippen molar-refractivity contribution in [1.82, 2.24) is 9.88 Å². The monoisotopic (exact) mass is 300 g/mol. The molecule has 104 valence electrons. The van der Waals surface area contributed by atoms with Crippen LogP contribution in [0.25, 0.3) is 0 Å². The highest BCUT2D eigenvalue weighted by atomic mass is 35.5. The molecule has 1 aliphatic rings. The third kappa shape index (κ3) is 2.21. The fourth-order valence-corrected chi connectivity index (χ4v) is 2.43. The van der Waals surface area contributed by atoms with Crippen molar-refractivity contribution in [3.63, 3.8) is 0 Å². The topological polar surface area (TPSA) is 67.3 Å². The number of hydrogen-bond donors (Lipinski definition) is 0. The molecule has 2 amide bonds. The molecular weight excluding hydrogens is 292 g/mol. The first-order valence-corrected chi connectivity index (χ1v) is 6.56. The Kier molecular flexibility index (Phi) is 3.27. The molecule has 0 radical (unpaired) electrons. The van der Waals surface area contributed by atoms with Crippen molar-refractivity contribution < 1.29 is 14.4 Å². The quantitative estimate of drug-likeness (QED) is 0.495. The maximum Gasteiger partial charge on any atom is 0.261 e. The van der Waals surface area contributed by atoms with Crippen molar-refractivity contribution in [3.8, 4) is 0 Å². The molecule has 0 N–H and O–H groups in total. The highest BCUT2D eigenvalue weighted by Crippen LogP contribution is 2.23. The molecule has 0 spiro atoms. The van der Waals surface area contributed by atoms with Gasteiger partial charge in [-0.1, -0.05) is 23.7 Å². The minimum Gasteiger partial charge on any atom is -0.292 e. The summed E-state index contributed by atoms with van der Waals surface area (Å²) in [6.07, 6.45) is 1.46. The summed E-state index contributed by atoms with van der Waals surface area (Å²) >= 11 is 5.85. The average molecular weight is 301 g/mol. The zero-order valence-corrected chi connectivity index (χ0v) is 11.5. The van der Waals surface area contributed by atoms with Crippen LogP contribution in [0, 0.1) is 0 Å². The molecule has 1 aromatic heterocycles. The lowest BCUT2D eigenvalue weighted by atomic mass is 10.1. The number of imide groups is 1. The SMILES string of the molecule is O=C(CN1C(=O)c2ccccc2C1=O)c1cccnc1Cl. The first-order valence-electron chi connectivity index (χ1n) is 6.18. The molecule has 6 heteroatoms. The molecule has 2 heterocycles. The van der Waals surface area contributed by atoms with E-state index >= 15 is 0 Å². The molecule has 0 aliphatic carbocycles. The van der Waals surface area contributed by atoms with Gasteiger partial charge in [-0.05, 0) is 24.3 Å². The first kappa shape index (κ1) is 13.5. The Balaban J connectivity index is 1.88. The van der Waals surface area contributed by atoms with Crippen LogP contribution in [0.3, 0.4) is 0 Å². The van der Waals surface area contributed by atoms with E-state index in [0.717, 1.165) is 4.90 Å². The van der Waals surface area contributed by atoms with Crippen LogP contribution < -0.4 is 0 Å². The summed E-state index contributed by atoms with van der Waals surface area (Å²) in [5, 5.41) is 0.0547. The van der Waals surface area contributed by atoms with E-state index in [1.54, 1.807) is 30.3 Å². The first-order chi connectivity index (χ1) is 10.1. The Labute approximate surface area is 125 Å². The van der Waals surface area contributed by atoms with Crippen molar-refractivity contribution in [2.75, 3.05) is 6.54 Å². The Morgan fingerprint density at radius 1 is 1.05 bits per heavy atom. The fraction of sp³-hybridized carbons (Fsp3) is 0.0667. The maximum atomic E-state index is 12.2. The number of benzene rings is 1. The van der Waals surface area contributed by atoms with Gasteiger partial charge in [0.2, 0.25) is 0 Å². The van der Waals surface area contributed by atoms with Crippen LogP contribution in [0.4, 0.5) is 0 Å². The lowest BCUT2D eigenvalue weighted by molar-refractivity contribution is 0.0624. The number of halogens is 1. The number of nitrogens with zero attached hydrogens (tertiary/aromatic N) is 2. The van der Waals surface area contributed by atoms with Crippen LogP contribution in [0.5, 0.6) is 0 Å². The largest absolute Gasteiger partial charge is 0.292 e. The summed E-state index contributed by atoms with van der Waals surface area (Å²) in [5.41, 5.74) is 0.816. The van der Waals surface area contributed by atoms with Crippen molar-refractivity contribution in [1.29, 1.82) is 0 Å². The van der Waals surface area contributed by atoms with E-state index in [1.165, 1.54) is 12.3 Å².